The van der Waals surface area contributed by atoms with Gasteiger partial charge in [-0.2, -0.15) is 0 Å². The molecular formula is C28H36N4O4. The van der Waals surface area contributed by atoms with E-state index in [4.69, 9.17) is 14.2 Å². The normalized spacial score (nSPS) is 19.5. The number of rotatable bonds is 7. The van der Waals surface area contributed by atoms with Crippen LogP contribution in [0, 0.1) is 19.8 Å². The summed E-state index contributed by atoms with van der Waals surface area (Å²) >= 11 is 0. The van der Waals surface area contributed by atoms with Crippen LogP contribution in [0.5, 0.6) is 17.4 Å². The van der Waals surface area contributed by atoms with Gasteiger partial charge in [0.2, 0.25) is 11.8 Å². The first-order valence-corrected chi connectivity index (χ1v) is 12.5. The van der Waals surface area contributed by atoms with Crippen molar-refractivity contribution in [1.82, 2.24) is 20.2 Å². The van der Waals surface area contributed by atoms with E-state index in [1.807, 2.05) is 37.3 Å². The van der Waals surface area contributed by atoms with Gasteiger partial charge in [-0.1, -0.05) is 6.07 Å². The minimum Gasteiger partial charge on any atom is -0.493 e. The highest BCUT2D eigenvalue weighted by Crippen LogP contribution is 2.29. The number of benzene rings is 1. The number of nitrogens with zero attached hydrogens (tertiary/aromatic N) is 3. The monoisotopic (exact) mass is 492 g/mol. The second-order valence-electron chi connectivity index (χ2n) is 9.57. The Kier molecular flexibility index (Phi) is 8.59. The highest BCUT2D eigenvalue weighted by Gasteiger charge is 2.23. The molecule has 8 heteroatoms. The fourth-order valence-corrected chi connectivity index (χ4v) is 4.52. The predicted octanol–water partition coefficient (Wildman–Crippen LogP) is 3.93. The average Bonchev–Trinajstić information content (AvgIpc) is 3.49. The molecule has 5 rings (SSSR count). The standard InChI is InChI=1S/C14H15N3O2.C14H21NO2/c1-9-5-12-11(3-2-4-15-12)14(17-9)19-8-10-6-13(18)16-7-10;1-11-6-7-13(14(9-11)16-3)17-10-12-5-4-8-15(12)2/h2-5,10H,6-8H2,1H3,(H,16,18);6-7,9,12H,4-5,8,10H2,1-3H3/t10-;/m1./s1. The number of hydrogen-bond acceptors (Lipinski definition) is 7. The van der Waals surface area contributed by atoms with Crippen LogP contribution in [-0.4, -0.2) is 67.3 Å². The van der Waals surface area contributed by atoms with Crippen molar-refractivity contribution >= 4 is 16.8 Å². The van der Waals surface area contributed by atoms with Crippen molar-refractivity contribution < 1.29 is 19.0 Å². The fourth-order valence-electron chi connectivity index (χ4n) is 4.52. The number of likely N-dealkylation sites (N-methyl/N-ethyl adjacent to an activating group) is 1. The average molecular weight is 493 g/mol. The quantitative estimate of drug-likeness (QED) is 0.535. The number of ether oxygens (including phenoxy) is 3. The van der Waals surface area contributed by atoms with E-state index in [1.165, 1.54) is 24.9 Å². The molecule has 3 aromatic rings. The van der Waals surface area contributed by atoms with Crippen LogP contribution in [0.1, 0.15) is 30.5 Å². The molecular weight excluding hydrogens is 456 g/mol. The van der Waals surface area contributed by atoms with Crippen molar-refractivity contribution in [3.05, 3.63) is 53.9 Å². The number of pyridine rings is 2. The first kappa shape index (κ1) is 25.7. The zero-order valence-corrected chi connectivity index (χ0v) is 21.6. The summed E-state index contributed by atoms with van der Waals surface area (Å²) in [4.78, 5) is 22.2. The SMILES string of the molecule is COc1cc(C)ccc1OCC1CCCN1C.Cc1cc2ncccc2c(OC[C@H]2CNC(=O)C2)n1. The van der Waals surface area contributed by atoms with Crippen LogP contribution >= 0.6 is 0 Å². The zero-order valence-electron chi connectivity index (χ0n) is 21.6. The van der Waals surface area contributed by atoms with Gasteiger partial charge in [-0.15, -0.1) is 0 Å². The number of amides is 1. The molecule has 4 heterocycles. The number of methoxy groups -OCH3 is 1. The van der Waals surface area contributed by atoms with Crippen molar-refractivity contribution in [1.29, 1.82) is 0 Å². The van der Waals surface area contributed by atoms with Crippen LogP contribution in [0.25, 0.3) is 10.9 Å². The topological polar surface area (TPSA) is 85.8 Å². The van der Waals surface area contributed by atoms with Gasteiger partial charge in [-0.3, -0.25) is 9.78 Å². The van der Waals surface area contributed by atoms with Gasteiger partial charge in [0, 0.05) is 36.8 Å². The van der Waals surface area contributed by atoms with Crippen LogP contribution in [-0.2, 0) is 4.79 Å². The summed E-state index contributed by atoms with van der Waals surface area (Å²) in [5.41, 5.74) is 2.94. The van der Waals surface area contributed by atoms with E-state index in [1.54, 1.807) is 13.3 Å². The van der Waals surface area contributed by atoms with E-state index in [-0.39, 0.29) is 11.8 Å². The number of aryl methyl sites for hydroxylation is 2. The molecule has 2 atom stereocenters. The molecule has 2 fully saturated rings. The van der Waals surface area contributed by atoms with Gasteiger partial charge in [-0.05, 0) is 76.2 Å². The van der Waals surface area contributed by atoms with E-state index in [0.717, 1.165) is 34.7 Å². The maximum atomic E-state index is 11.1. The lowest BCUT2D eigenvalue weighted by atomic mass is 10.1. The fraction of sp³-hybridized carbons (Fsp3) is 0.464. The lowest BCUT2D eigenvalue weighted by Gasteiger charge is -2.20. The lowest BCUT2D eigenvalue weighted by molar-refractivity contribution is -0.119. The predicted molar refractivity (Wildman–Crippen MR) is 140 cm³/mol. The summed E-state index contributed by atoms with van der Waals surface area (Å²) in [5.74, 6) is 2.59. The molecule has 0 saturated carbocycles. The molecule has 36 heavy (non-hydrogen) atoms. The summed E-state index contributed by atoms with van der Waals surface area (Å²) in [7, 11) is 3.84. The minimum atomic E-state index is 0.0947. The van der Waals surface area contributed by atoms with E-state index in [0.29, 0.717) is 31.5 Å². The molecule has 0 bridgehead atoms. The smallest absolute Gasteiger partial charge is 0.223 e. The maximum absolute atomic E-state index is 11.1. The largest absolute Gasteiger partial charge is 0.493 e. The first-order valence-electron chi connectivity index (χ1n) is 12.5. The summed E-state index contributed by atoms with van der Waals surface area (Å²) in [6, 6.07) is 12.3. The Bertz CT molecular complexity index is 1190. The molecule has 1 unspecified atom stereocenters. The molecule has 0 radical (unpaired) electrons. The third-order valence-corrected chi connectivity index (χ3v) is 6.63. The highest BCUT2D eigenvalue weighted by molar-refractivity contribution is 5.83. The van der Waals surface area contributed by atoms with Crippen molar-refractivity contribution in [3.8, 4) is 17.4 Å². The van der Waals surface area contributed by atoms with E-state index >= 15 is 0 Å². The number of hydrogen-bond donors (Lipinski definition) is 1. The molecule has 8 nitrogen and oxygen atoms in total. The number of fused-ring (bicyclic) bond motifs is 1. The van der Waals surface area contributed by atoms with Crippen molar-refractivity contribution in [2.24, 2.45) is 5.92 Å². The van der Waals surface area contributed by atoms with Gasteiger partial charge in [0.25, 0.3) is 0 Å². The molecule has 2 aliphatic heterocycles. The Balaban J connectivity index is 0.000000170. The van der Waals surface area contributed by atoms with Gasteiger partial charge in [0.15, 0.2) is 11.5 Å². The molecule has 2 aliphatic rings. The van der Waals surface area contributed by atoms with Crippen molar-refractivity contribution in [2.45, 2.75) is 39.2 Å². The number of carbonyl (C=O) groups excluding carboxylic acids is 1. The van der Waals surface area contributed by atoms with Gasteiger partial charge >= 0.3 is 0 Å². The minimum absolute atomic E-state index is 0.0947. The third kappa shape index (κ3) is 6.63. The third-order valence-electron chi connectivity index (χ3n) is 6.63. The Hall–Kier alpha value is -3.39. The van der Waals surface area contributed by atoms with Crippen LogP contribution in [0.2, 0.25) is 0 Å². The summed E-state index contributed by atoms with van der Waals surface area (Å²) < 4.78 is 17.0. The van der Waals surface area contributed by atoms with Crippen LogP contribution in [0.3, 0.4) is 0 Å². The molecule has 1 aromatic carbocycles. The maximum Gasteiger partial charge on any atom is 0.223 e. The summed E-state index contributed by atoms with van der Waals surface area (Å²) in [5, 5.41) is 3.71. The number of likely N-dealkylation sites (tertiary alicyclic amines) is 1. The number of nitrogens with one attached hydrogen (secondary N) is 1. The van der Waals surface area contributed by atoms with Crippen LogP contribution in [0.15, 0.2) is 42.6 Å². The Morgan fingerprint density at radius 3 is 2.69 bits per heavy atom. The molecule has 0 aliphatic carbocycles. The highest BCUT2D eigenvalue weighted by atomic mass is 16.5. The Morgan fingerprint density at radius 2 is 1.97 bits per heavy atom. The second kappa shape index (κ2) is 12.0. The van der Waals surface area contributed by atoms with E-state index in [9.17, 15) is 4.79 Å². The summed E-state index contributed by atoms with van der Waals surface area (Å²) in [6.07, 6.45) is 4.79. The molecule has 1 N–H and O–H groups in total. The molecule has 1 amide bonds. The molecule has 2 saturated heterocycles. The van der Waals surface area contributed by atoms with Gasteiger partial charge in [-0.25, -0.2) is 4.98 Å². The number of aromatic nitrogens is 2. The van der Waals surface area contributed by atoms with Crippen molar-refractivity contribution in [2.75, 3.05) is 40.5 Å². The zero-order chi connectivity index (χ0) is 25.5. The molecule has 192 valence electrons. The summed E-state index contributed by atoms with van der Waals surface area (Å²) in [6.45, 7) is 7.08. The van der Waals surface area contributed by atoms with Crippen LogP contribution in [0.4, 0.5) is 0 Å². The Labute approximate surface area is 213 Å². The van der Waals surface area contributed by atoms with Crippen molar-refractivity contribution in [3.63, 3.8) is 0 Å². The second-order valence-corrected chi connectivity index (χ2v) is 9.57. The first-order chi connectivity index (χ1) is 17.4. The van der Waals surface area contributed by atoms with Gasteiger partial charge in [0.05, 0.1) is 24.6 Å². The van der Waals surface area contributed by atoms with E-state index in [2.05, 4.69) is 40.2 Å². The van der Waals surface area contributed by atoms with Gasteiger partial charge < -0.3 is 24.4 Å². The molecule has 2 aromatic heterocycles. The Morgan fingerprint density at radius 1 is 1.11 bits per heavy atom. The number of carbonyl (C=O) groups is 1. The van der Waals surface area contributed by atoms with Gasteiger partial charge in [0.1, 0.15) is 6.61 Å². The lowest BCUT2D eigenvalue weighted by Crippen LogP contribution is -2.30. The van der Waals surface area contributed by atoms with E-state index < -0.39 is 0 Å². The van der Waals surface area contributed by atoms with Crippen LogP contribution < -0.4 is 19.5 Å². The molecule has 0 spiro atoms.